The summed E-state index contributed by atoms with van der Waals surface area (Å²) in [4.78, 5) is 10.8. The third-order valence-electron chi connectivity index (χ3n) is 3.22. The Morgan fingerprint density at radius 2 is 2.16 bits per heavy atom. The molecular weight excluding hydrogens is 242 g/mol. The van der Waals surface area contributed by atoms with Crippen molar-refractivity contribution in [1.82, 2.24) is 15.0 Å². The number of aliphatic hydroxyl groups is 1. The number of Topliss-reactive ketones (excluding diaryl/α,β-unsaturated/α-hetero) is 1. The van der Waals surface area contributed by atoms with E-state index in [0.717, 1.165) is 37.9 Å². The van der Waals surface area contributed by atoms with E-state index < -0.39 is 0 Å². The van der Waals surface area contributed by atoms with Crippen LogP contribution < -0.4 is 0 Å². The number of aryl methyl sites for hydroxylation is 2. The van der Waals surface area contributed by atoms with E-state index in [1.54, 1.807) is 6.92 Å². The summed E-state index contributed by atoms with van der Waals surface area (Å²) in [6, 6.07) is 0. The van der Waals surface area contributed by atoms with Gasteiger partial charge in [0, 0.05) is 19.2 Å². The molecule has 0 saturated carbocycles. The molecule has 0 aliphatic rings. The molecule has 0 amide bonds. The first-order chi connectivity index (χ1) is 8.99. The van der Waals surface area contributed by atoms with Crippen molar-refractivity contribution in [3.8, 4) is 0 Å². The summed E-state index contributed by atoms with van der Waals surface area (Å²) in [7, 11) is 0. The molecule has 0 fully saturated rings. The van der Waals surface area contributed by atoms with E-state index in [9.17, 15) is 9.90 Å². The number of hydrogen-bond acceptors (Lipinski definition) is 4. The Hall–Kier alpha value is -1.23. The van der Waals surface area contributed by atoms with Crippen molar-refractivity contribution in [3.05, 3.63) is 11.9 Å². The highest BCUT2D eigenvalue weighted by Crippen LogP contribution is 2.09. The van der Waals surface area contributed by atoms with Gasteiger partial charge in [-0.2, -0.15) is 0 Å². The number of aliphatic hydroxyl groups excluding tert-OH is 1. The van der Waals surface area contributed by atoms with Crippen LogP contribution in [0.5, 0.6) is 0 Å². The SMILES string of the molecule is CC(=O)CCCCn1cc(CCC(O)C(C)C)nn1. The van der Waals surface area contributed by atoms with Crippen molar-refractivity contribution >= 4 is 5.78 Å². The van der Waals surface area contributed by atoms with Gasteiger partial charge in [-0.15, -0.1) is 5.10 Å². The molecule has 1 aromatic heterocycles. The Morgan fingerprint density at radius 1 is 1.42 bits per heavy atom. The summed E-state index contributed by atoms with van der Waals surface area (Å²) < 4.78 is 1.82. The van der Waals surface area contributed by atoms with E-state index in [1.807, 2.05) is 24.7 Å². The first kappa shape index (κ1) is 15.8. The molecule has 1 atom stereocenters. The highest BCUT2D eigenvalue weighted by Gasteiger charge is 2.10. The minimum absolute atomic E-state index is 0.238. The van der Waals surface area contributed by atoms with Crippen LogP contribution in [0, 0.1) is 5.92 Å². The number of carbonyl (C=O) groups is 1. The van der Waals surface area contributed by atoms with Crippen molar-refractivity contribution in [2.75, 3.05) is 0 Å². The maximum absolute atomic E-state index is 10.8. The van der Waals surface area contributed by atoms with Gasteiger partial charge in [0.25, 0.3) is 0 Å². The lowest BCUT2D eigenvalue weighted by Gasteiger charge is -2.12. The summed E-state index contributed by atoms with van der Waals surface area (Å²) >= 11 is 0. The minimum atomic E-state index is -0.277. The van der Waals surface area contributed by atoms with Crippen molar-refractivity contribution in [1.29, 1.82) is 0 Å². The Morgan fingerprint density at radius 3 is 2.79 bits per heavy atom. The topological polar surface area (TPSA) is 68.0 Å². The second-order valence-electron chi connectivity index (χ2n) is 5.48. The molecule has 0 aromatic carbocycles. The van der Waals surface area contributed by atoms with Crippen LogP contribution in [0.1, 0.15) is 52.1 Å². The smallest absolute Gasteiger partial charge is 0.129 e. The van der Waals surface area contributed by atoms with Crippen LogP contribution in [0.15, 0.2) is 6.20 Å². The fourth-order valence-corrected chi connectivity index (χ4v) is 1.84. The number of aromatic nitrogens is 3. The number of ketones is 1. The molecule has 0 aliphatic carbocycles. The first-order valence-corrected chi connectivity index (χ1v) is 7.05. The fourth-order valence-electron chi connectivity index (χ4n) is 1.84. The summed E-state index contributed by atoms with van der Waals surface area (Å²) in [6.07, 6.45) is 5.62. The molecule has 1 N–H and O–H groups in total. The van der Waals surface area contributed by atoms with Crippen molar-refractivity contribution in [2.45, 2.75) is 65.5 Å². The Balaban J connectivity index is 2.26. The van der Waals surface area contributed by atoms with Gasteiger partial charge in [-0.3, -0.25) is 4.68 Å². The van der Waals surface area contributed by atoms with E-state index >= 15 is 0 Å². The van der Waals surface area contributed by atoms with Crippen LogP contribution in [0.4, 0.5) is 0 Å². The summed E-state index contributed by atoms with van der Waals surface area (Å²) in [5, 5.41) is 17.9. The van der Waals surface area contributed by atoms with Crippen LogP contribution in [-0.4, -0.2) is 32.0 Å². The molecule has 1 rings (SSSR count). The minimum Gasteiger partial charge on any atom is -0.393 e. The standard InChI is InChI=1S/C14H25N3O2/c1-11(2)14(19)8-7-13-10-17(16-15-13)9-5-4-6-12(3)18/h10-11,14,19H,4-9H2,1-3H3. The molecule has 5 nitrogen and oxygen atoms in total. The predicted octanol–water partition coefficient (Wildman–Crippen LogP) is 1.99. The summed E-state index contributed by atoms with van der Waals surface area (Å²) in [5.41, 5.74) is 0.922. The quantitative estimate of drug-likeness (QED) is 0.695. The Bertz CT molecular complexity index is 388. The molecule has 5 heteroatoms. The lowest BCUT2D eigenvalue weighted by atomic mass is 10.0. The second-order valence-corrected chi connectivity index (χ2v) is 5.48. The largest absolute Gasteiger partial charge is 0.393 e. The van der Waals surface area contributed by atoms with Crippen LogP contribution in [0.3, 0.4) is 0 Å². The van der Waals surface area contributed by atoms with Gasteiger partial charge in [0.15, 0.2) is 0 Å². The van der Waals surface area contributed by atoms with Crippen LogP contribution >= 0.6 is 0 Å². The Labute approximate surface area is 115 Å². The number of carbonyl (C=O) groups excluding carboxylic acids is 1. The average molecular weight is 267 g/mol. The monoisotopic (exact) mass is 267 g/mol. The van der Waals surface area contributed by atoms with E-state index in [0.29, 0.717) is 6.42 Å². The van der Waals surface area contributed by atoms with Crippen LogP contribution in [0.25, 0.3) is 0 Å². The molecule has 0 bridgehead atoms. The maximum Gasteiger partial charge on any atom is 0.129 e. The van der Waals surface area contributed by atoms with Gasteiger partial charge in [0.1, 0.15) is 5.78 Å². The Kier molecular flexibility index (Phi) is 6.70. The number of nitrogens with zero attached hydrogens (tertiary/aromatic N) is 3. The normalized spacial score (nSPS) is 12.9. The zero-order chi connectivity index (χ0) is 14.3. The molecule has 1 heterocycles. The lowest BCUT2D eigenvalue weighted by molar-refractivity contribution is -0.117. The van der Waals surface area contributed by atoms with E-state index in [4.69, 9.17) is 0 Å². The zero-order valence-corrected chi connectivity index (χ0v) is 12.2. The second kappa shape index (κ2) is 8.04. The van der Waals surface area contributed by atoms with Gasteiger partial charge in [-0.05, 0) is 38.5 Å². The fraction of sp³-hybridized carbons (Fsp3) is 0.786. The van der Waals surface area contributed by atoms with E-state index in [-0.39, 0.29) is 17.8 Å². The lowest BCUT2D eigenvalue weighted by Crippen LogP contribution is -2.15. The van der Waals surface area contributed by atoms with E-state index in [2.05, 4.69) is 10.3 Å². The third-order valence-corrected chi connectivity index (χ3v) is 3.22. The van der Waals surface area contributed by atoms with Gasteiger partial charge in [-0.1, -0.05) is 19.1 Å². The maximum atomic E-state index is 10.8. The number of hydrogen-bond donors (Lipinski definition) is 1. The average Bonchev–Trinajstić information content (AvgIpc) is 2.79. The van der Waals surface area contributed by atoms with Crippen LogP contribution in [-0.2, 0) is 17.8 Å². The molecular formula is C14H25N3O2. The molecule has 108 valence electrons. The third kappa shape index (κ3) is 6.47. The van der Waals surface area contributed by atoms with Crippen molar-refractivity contribution in [2.24, 2.45) is 5.92 Å². The zero-order valence-electron chi connectivity index (χ0n) is 12.2. The molecule has 0 aliphatic heterocycles. The predicted molar refractivity (Wildman–Crippen MR) is 73.7 cm³/mol. The van der Waals surface area contributed by atoms with Gasteiger partial charge in [0.05, 0.1) is 11.8 Å². The van der Waals surface area contributed by atoms with Gasteiger partial charge >= 0.3 is 0 Å². The van der Waals surface area contributed by atoms with Crippen LogP contribution in [0.2, 0.25) is 0 Å². The summed E-state index contributed by atoms with van der Waals surface area (Å²) in [6.45, 7) is 6.44. The van der Waals surface area contributed by atoms with Crippen molar-refractivity contribution < 1.29 is 9.90 Å². The van der Waals surface area contributed by atoms with Gasteiger partial charge < -0.3 is 9.90 Å². The molecule has 1 unspecified atom stereocenters. The summed E-state index contributed by atoms with van der Waals surface area (Å²) in [5.74, 6) is 0.517. The highest BCUT2D eigenvalue weighted by molar-refractivity contribution is 5.75. The first-order valence-electron chi connectivity index (χ1n) is 7.05. The number of rotatable bonds is 9. The van der Waals surface area contributed by atoms with Gasteiger partial charge in [0.2, 0.25) is 0 Å². The highest BCUT2D eigenvalue weighted by atomic mass is 16.3. The van der Waals surface area contributed by atoms with E-state index in [1.165, 1.54) is 0 Å². The van der Waals surface area contributed by atoms with Gasteiger partial charge in [-0.25, -0.2) is 0 Å². The molecule has 0 saturated heterocycles. The molecule has 1 aromatic rings. The van der Waals surface area contributed by atoms with Crippen molar-refractivity contribution in [3.63, 3.8) is 0 Å². The molecule has 0 spiro atoms. The number of unbranched alkanes of at least 4 members (excludes halogenated alkanes) is 1. The molecule has 0 radical (unpaired) electrons. The molecule has 19 heavy (non-hydrogen) atoms.